The van der Waals surface area contributed by atoms with E-state index in [4.69, 9.17) is 9.84 Å². The van der Waals surface area contributed by atoms with E-state index in [1.165, 1.54) is 21.6 Å². The Balaban J connectivity index is 1.65. The number of aromatic nitrogens is 2. The number of halogens is 2. The molecule has 0 radical (unpaired) electrons. The highest BCUT2D eigenvalue weighted by Crippen LogP contribution is 2.25. The van der Waals surface area contributed by atoms with Crippen LogP contribution in [0.1, 0.15) is 12.8 Å². The lowest BCUT2D eigenvalue weighted by atomic mass is 10.0. The van der Waals surface area contributed by atoms with Crippen LogP contribution in [0.3, 0.4) is 0 Å². The average Bonchev–Trinajstić information content (AvgIpc) is 3.04. The van der Waals surface area contributed by atoms with Gasteiger partial charge in [0.2, 0.25) is 0 Å². The molecule has 2 aliphatic rings. The van der Waals surface area contributed by atoms with Crippen molar-refractivity contribution in [2.45, 2.75) is 25.4 Å². The summed E-state index contributed by atoms with van der Waals surface area (Å²) in [5, 5.41) is 9.02. The molecular weight excluding hydrogens is 447 g/mol. The highest BCUT2D eigenvalue weighted by Gasteiger charge is 2.32. The molecule has 1 aromatic carbocycles. The number of hydrogen-bond acceptors (Lipinski definition) is 5. The number of benzene rings is 1. The number of ether oxygens (including phenoxy) is 1. The topological polar surface area (TPSA) is 87.9 Å². The van der Waals surface area contributed by atoms with Gasteiger partial charge in [-0.3, -0.25) is 4.79 Å². The van der Waals surface area contributed by atoms with Crippen molar-refractivity contribution in [3.8, 4) is 5.88 Å². The van der Waals surface area contributed by atoms with Gasteiger partial charge in [-0.25, -0.2) is 14.2 Å². The molecule has 0 saturated carbocycles. The predicted octanol–water partition coefficient (Wildman–Crippen LogP) is 2.38. The third-order valence-corrected chi connectivity index (χ3v) is 6.32. The Morgan fingerprint density at radius 3 is 2.83 bits per heavy atom. The maximum Gasteiger partial charge on any atom is 0.407 e. The molecule has 10 heteroatoms. The molecule has 0 unspecified atom stereocenters. The van der Waals surface area contributed by atoms with E-state index in [-0.39, 0.29) is 28.9 Å². The molecule has 0 bridgehead atoms. The second-order valence-electron chi connectivity index (χ2n) is 7.73. The highest BCUT2D eigenvalue weighted by atomic mass is 79.9. The Kier molecular flexibility index (Phi) is 5.48. The fourth-order valence-corrected chi connectivity index (χ4v) is 4.28. The number of likely N-dealkylation sites (tertiary alicyclic amines) is 2. The van der Waals surface area contributed by atoms with Gasteiger partial charge in [0.25, 0.3) is 5.88 Å². The van der Waals surface area contributed by atoms with E-state index in [0.29, 0.717) is 30.7 Å². The van der Waals surface area contributed by atoms with Gasteiger partial charge in [0.05, 0.1) is 15.5 Å². The van der Waals surface area contributed by atoms with Gasteiger partial charge in [0.1, 0.15) is 12.4 Å². The minimum Gasteiger partial charge on any atom is -0.472 e. The summed E-state index contributed by atoms with van der Waals surface area (Å²) >= 11 is 3.16. The standard InChI is InChI=1S/C19H22BrFN4O4/c1-23-4-2-3-12(23)10-29-17-18(26)25(9-11-7-24(8-11)19(27)28)16-6-14(21)13(20)5-15(16)22-17/h5-6,11-12H,2-4,7-10H2,1H3,(H,27,28)/t12-/m0/s1. The van der Waals surface area contributed by atoms with Crippen molar-refractivity contribution >= 4 is 33.1 Å². The highest BCUT2D eigenvalue weighted by molar-refractivity contribution is 9.10. The van der Waals surface area contributed by atoms with E-state index in [9.17, 15) is 14.0 Å². The van der Waals surface area contributed by atoms with Gasteiger partial charge in [-0.15, -0.1) is 0 Å². The molecule has 4 rings (SSSR count). The van der Waals surface area contributed by atoms with Gasteiger partial charge in [0, 0.05) is 37.7 Å². The lowest BCUT2D eigenvalue weighted by Crippen LogP contribution is -2.51. The summed E-state index contributed by atoms with van der Waals surface area (Å²) < 4.78 is 21.7. The zero-order valence-corrected chi connectivity index (χ0v) is 17.6. The van der Waals surface area contributed by atoms with Crippen LogP contribution in [0, 0.1) is 11.7 Å². The number of nitrogens with zero attached hydrogens (tertiary/aromatic N) is 4. The number of carbonyl (C=O) groups is 1. The summed E-state index contributed by atoms with van der Waals surface area (Å²) in [6.45, 7) is 2.32. The second kappa shape index (κ2) is 7.91. The molecule has 1 amide bonds. The fourth-order valence-electron chi connectivity index (χ4n) is 3.95. The van der Waals surface area contributed by atoms with Crippen LogP contribution in [0.4, 0.5) is 9.18 Å². The summed E-state index contributed by atoms with van der Waals surface area (Å²) in [6, 6.07) is 3.03. The number of carboxylic acid groups (broad SMARTS) is 1. The molecule has 0 spiro atoms. The first-order valence-corrected chi connectivity index (χ1v) is 10.3. The van der Waals surface area contributed by atoms with Gasteiger partial charge >= 0.3 is 11.7 Å². The van der Waals surface area contributed by atoms with Crippen LogP contribution in [0.15, 0.2) is 21.4 Å². The van der Waals surface area contributed by atoms with Crippen LogP contribution in [-0.4, -0.2) is 69.9 Å². The van der Waals surface area contributed by atoms with E-state index in [1.54, 1.807) is 0 Å². The molecule has 8 nitrogen and oxygen atoms in total. The Morgan fingerprint density at radius 2 is 2.17 bits per heavy atom. The maximum atomic E-state index is 14.1. The van der Waals surface area contributed by atoms with E-state index < -0.39 is 17.5 Å². The third kappa shape index (κ3) is 3.95. The normalized spacial score (nSPS) is 20.2. The minimum atomic E-state index is -0.979. The van der Waals surface area contributed by atoms with Crippen molar-refractivity contribution in [3.63, 3.8) is 0 Å². The van der Waals surface area contributed by atoms with Crippen molar-refractivity contribution in [1.29, 1.82) is 0 Å². The lowest BCUT2D eigenvalue weighted by Gasteiger charge is -2.37. The molecule has 1 aromatic heterocycles. The summed E-state index contributed by atoms with van der Waals surface area (Å²) in [4.78, 5) is 31.9. The Bertz CT molecular complexity index is 1010. The fraction of sp³-hybridized carbons (Fsp3) is 0.526. The van der Waals surface area contributed by atoms with Gasteiger partial charge in [-0.2, -0.15) is 0 Å². The monoisotopic (exact) mass is 468 g/mol. The Labute approximate surface area is 175 Å². The summed E-state index contributed by atoms with van der Waals surface area (Å²) in [7, 11) is 2.03. The van der Waals surface area contributed by atoms with Crippen molar-refractivity contribution in [2.24, 2.45) is 5.92 Å². The number of hydrogen-bond donors (Lipinski definition) is 1. The number of rotatable bonds is 5. The second-order valence-corrected chi connectivity index (χ2v) is 8.58. The van der Waals surface area contributed by atoms with Gasteiger partial charge in [-0.05, 0) is 48.4 Å². The van der Waals surface area contributed by atoms with E-state index >= 15 is 0 Å². The van der Waals surface area contributed by atoms with Crippen LogP contribution >= 0.6 is 15.9 Å². The first-order chi connectivity index (χ1) is 13.8. The molecule has 29 heavy (non-hydrogen) atoms. The van der Waals surface area contributed by atoms with Crippen molar-refractivity contribution < 1.29 is 19.0 Å². The van der Waals surface area contributed by atoms with Crippen LogP contribution < -0.4 is 10.3 Å². The van der Waals surface area contributed by atoms with Crippen LogP contribution in [-0.2, 0) is 6.54 Å². The number of fused-ring (bicyclic) bond motifs is 1. The molecule has 2 fully saturated rings. The Hall–Kier alpha value is -2.20. The van der Waals surface area contributed by atoms with E-state index in [0.717, 1.165) is 19.4 Å². The van der Waals surface area contributed by atoms with E-state index in [1.807, 2.05) is 7.05 Å². The van der Waals surface area contributed by atoms with Crippen LogP contribution in [0.25, 0.3) is 11.0 Å². The van der Waals surface area contributed by atoms with Crippen LogP contribution in [0.5, 0.6) is 5.88 Å². The first-order valence-electron chi connectivity index (χ1n) is 9.54. The zero-order valence-electron chi connectivity index (χ0n) is 16.0. The lowest BCUT2D eigenvalue weighted by molar-refractivity contribution is 0.0746. The molecule has 0 aliphatic carbocycles. The molecule has 1 N–H and O–H groups in total. The molecule has 156 valence electrons. The molecule has 1 atom stereocenters. The van der Waals surface area contributed by atoms with Crippen LogP contribution in [0.2, 0.25) is 0 Å². The maximum absolute atomic E-state index is 14.1. The van der Waals surface area contributed by atoms with Gasteiger partial charge in [0.15, 0.2) is 0 Å². The largest absolute Gasteiger partial charge is 0.472 e. The molecule has 2 saturated heterocycles. The zero-order chi connectivity index (χ0) is 20.7. The number of likely N-dealkylation sites (N-methyl/N-ethyl adjacent to an activating group) is 1. The predicted molar refractivity (Wildman–Crippen MR) is 108 cm³/mol. The molecule has 2 aliphatic heterocycles. The number of amides is 1. The summed E-state index contributed by atoms with van der Waals surface area (Å²) in [5.74, 6) is -0.518. The smallest absolute Gasteiger partial charge is 0.407 e. The van der Waals surface area contributed by atoms with E-state index in [2.05, 4.69) is 25.8 Å². The minimum absolute atomic E-state index is 0.00859. The summed E-state index contributed by atoms with van der Waals surface area (Å²) in [6.07, 6.45) is 1.11. The SMILES string of the molecule is CN1CCC[C@H]1COc1nc2cc(Br)c(F)cc2n(CC2CN(C(=O)O)C2)c1=O. The van der Waals surface area contributed by atoms with Gasteiger partial charge in [-0.1, -0.05) is 0 Å². The summed E-state index contributed by atoms with van der Waals surface area (Å²) in [5.41, 5.74) is 0.394. The molecular formula is C19H22BrFN4O4. The molecule has 3 heterocycles. The van der Waals surface area contributed by atoms with Crippen molar-refractivity contribution in [3.05, 3.63) is 32.8 Å². The van der Waals surface area contributed by atoms with Crippen molar-refractivity contribution in [2.75, 3.05) is 33.3 Å². The average molecular weight is 469 g/mol. The van der Waals surface area contributed by atoms with Crippen molar-refractivity contribution in [1.82, 2.24) is 19.4 Å². The third-order valence-electron chi connectivity index (χ3n) is 5.71. The quantitative estimate of drug-likeness (QED) is 0.724. The van der Waals surface area contributed by atoms with Gasteiger partial charge < -0.3 is 24.2 Å². The molecule has 2 aromatic rings. The first kappa shape index (κ1) is 20.1. The Morgan fingerprint density at radius 1 is 1.41 bits per heavy atom.